The fourth-order valence-corrected chi connectivity index (χ4v) is 3.44. The standard InChI is InChI=1S/C19H34N6/c1-13(2)18-17(19(23(6)7)24(8)22-18)11-20-10-14(3)12-25-16(5)9-15(4)21-25/h9,13-14,20H,10-12H2,1-8H3/t14-/m0/s1. The highest BCUT2D eigenvalue weighted by atomic mass is 15.4. The van der Waals surface area contributed by atoms with E-state index in [2.05, 4.69) is 67.9 Å². The zero-order chi connectivity index (χ0) is 18.7. The summed E-state index contributed by atoms with van der Waals surface area (Å²) in [5, 5.41) is 12.9. The Bertz CT molecular complexity index is 695. The summed E-state index contributed by atoms with van der Waals surface area (Å²) in [4.78, 5) is 2.15. The van der Waals surface area contributed by atoms with E-state index < -0.39 is 0 Å². The third-order valence-corrected chi connectivity index (χ3v) is 4.50. The van der Waals surface area contributed by atoms with Crippen LogP contribution in [0.1, 0.15) is 49.3 Å². The maximum atomic E-state index is 4.73. The van der Waals surface area contributed by atoms with Crippen LogP contribution in [0.5, 0.6) is 0 Å². The fraction of sp³-hybridized carbons (Fsp3) is 0.684. The Labute approximate surface area is 152 Å². The van der Waals surface area contributed by atoms with Gasteiger partial charge in [-0.05, 0) is 38.3 Å². The summed E-state index contributed by atoms with van der Waals surface area (Å²) in [6, 6.07) is 2.13. The van der Waals surface area contributed by atoms with Crippen LogP contribution in [0.25, 0.3) is 0 Å². The lowest BCUT2D eigenvalue weighted by atomic mass is 10.0. The number of nitrogens with zero attached hydrogens (tertiary/aromatic N) is 5. The molecule has 0 radical (unpaired) electrons. The second-order valence-corrected chi connectivity index (χ2v) is 7.71. The predicted molar refractivity (Wildman–Crippen MR) is 104 cm³/mol. The van der Waals surface area contributed by atoms with Gasteiger partial charge >= 0.3 is 0 Å². The minimum Gasteiger partial charge on any atom is -0.363 e. The van der Waals surface area contributed by atoms with Gasteiger partial charge in [-0.2, -0.15) is 10.2 Å². The highest BCUT2D eigenvalue weighted by Crippen LogP contribution is 2.27. The number of anilines is 1. The molecule has 1 atom stereocenters. The van der Waals surface area contributed by atoms with Gasteiger partial charge in [0.05, 0.1) is 11.4 Å². The Kier molecular flexibility index (Phi) is 6.27. The van der Waals surface area contributed by atoms with Crippen molar-refractivity contribution in [3.63, 3.8) is 0 Å². The lowest BCUT2D eigenvalue weighted by molar-refractivity contribution is 0.415. The third-order valence-electron chi connectivity index (χ3n) is 4.50. The second kappa shape index (κ2) is 8.04. The molecule has 0 aromatic carbocycles. The van der Waals surface area contributed by atoms with E-state index in [0.717, 1.165) is 25.3 Å². The predicted octanol–water partition coefficient (Wildman–Crippen LogP) is 2.85. The lowest BCUT2D eigenvalue weighted by Crippen LogP contribution is -2.26. The molecule has 25 heavy (non-hydrogen) atoms. The number of rotatable bonds is 8. The van der Waals surface area contributed by atoms with Crippen molar-refractivity contribution in [2.75, 3.05) is 25.5 Å². The van der Waals surface area contributed by atoms with Crippen LogP contribution >= 0.6 is 0 Å². The number of hydrogen-bond donors (Lipinski definition) is 1. The summed E-state index contributed by atoms with van der Waals surface area (Å²) >= 11 is 0. The average Bonchev–Trinajstić information content (AvgIpc) is 2.98. The Morgan fingerprint density at radius 1 is 1.16 bits per heavy atom. The van der Waals surface area contributed by atoms with Crippen LogP contribution in [0, 0.1) is 19.8 Å². The zero-order valence-electron chi connectivity index (χ0n) is 17.1. The molecule has 6 heteroatoms. The highest BCUT2D eigenvalue weighted by Gasteiger charge is 2.19. The molecule has 0 aliphatic carbocycles. The molecule has 2 rings (SSSR count). The first-order valence-corrected chi connectivity index (χ1v) is 9.15. The van der Waals surface area contributed by atoms with Gasteiger partial charge in [-0.15, -0.1) is 0 Å². The fourth-order valence-electron chi connectivity index (χ4n) is 3.44. The van der Waals surface area contributed by atoms with Crippen molar-refractivity contribution in [3.05, 3.63) is 28.7 Å². The highest BCUT2D eigenvalue weighted by molar-refractivity contribution is 5.50. The molecule has 2 heterocycles. The van der Waals surface area contributed by atoms with Crippen molar-refractivity contribution in [2.24, 2.45) is 13.0 Å². The van der Waals surface area contributed by atoms with Crippen LogP contribution < -0.4 is 10.2 Å². The Morgan fingerprint density at radius 2 is 1.84 bits per heavy atom. The molecule has 6 nitrogen and oxygen atoms in total. The van der Waals surface area contributed by atoms with Gasteiger partial charge in [0.25, 0.3) is 0 Å². The summed E-state index contributed by atoms with van der Waals surface area (Å²) in [6.45, 7) is 13.6. The van der Waals surface area contributed by atoms with Gasteiger partial charge in [0, 0.05) is 45.5 Å². The Hall–Kier alpha value is -1.82. The van der Waals surface area contributed by atoms with E-state index in [9.17, 15) is 0 Å². The minimum atomic E-state index is 0.420. The van der Waals surface area contributed by atoms with Gasteiger partial charge in [-0.25, -0.2) is 0 Å². The van der Waals surface area contributed by atoms with Crippen molar-refractivity contribution in [2.45, 2.75) is 53.6 Å². The summed E-state index contributed by atoms with van der Waals surface area (Å²) < 4.78 is 4.10. The Morgan fingerprint density at radius 3 is 2.36 bits per heavy atom. The van der Waals surface area contributed by atoms with Crippen LogP contribution in [-0.4, -0.2) is 40.2 Å². The van der Waals surface area contributed by atoms with Crippen LogP contribution in [0.15, 0.2) is 6.07 Å². The number of hydrogen-bond acceptors (Lipinski definition) is 4. The third kappa shape index (κ3) is 4.63. The molecule has 0 spiro atoms. The molecule has 0 saturated heterocycles. The SMILES string of the molecule is Cc1cc(C)n(C[C@@H](C)CNCc2c(C(C)C)nn(C)c2N(C)C)n1. The molecule has 0 amide bonds. The van der Waals surface area contributed by atoms with Gasteiger partial charge in [0.2, 0.25) is 0 Å². The Balaban J connectivity index is 2.00. The number of nitrogens with one attached hydrogen (secondary N) is 1. The van der Waals surface area contributed by atoms with Crippen LogP contribution in [-0.2, 0) is 20.1 Å². The smallest absolute Gasteiger partial charge is 0.130 e. The van der Waals surface area contributed by atoms with Gasteiger partial charge < -0.3 is 10.2 Å². The topological polar surface area (TPSA) is 50.9 Å². The number of aromatic nitrogens is 4. The van der Waals surface area contributed by atoms with E-state index in [-0.39, 0.29) is 0 Å². The number of aryl methyl sites for hydroxylation is 3. The molecule has 0 bridgehead atoms. The van der Waals surface area contributed by atoms with E-state index in [1.807, 2.05) is 18.7 Å². The monoisotopic (exact) mass is 346 g/mol. The van der Waals surface area contributed by atoms with E-state index in [4.69, 9.17) is 5.10 Å². The van der Waals surface area contributed by atoms with Gasteiger partial charge in [0.1, 0.15) is 5.82 Å². The van der Waals surface area contributed by atoms with Crippen LogP contribution in [0.3, 0.4) is 0 Å². The molecule has 140 valence electrons. The molecule has 2 aromatic heterocycles. The molecule has 2 aromatic rings. The summed E-state index contributed by atoms with van der Waals surface area (Å²) in [7, 11) is 6.18. The van der Waals surface area contributed by atoms with E-state index in [0.29, 0.717) is 11.8 Å². The molecule has 0 unspecified atom stereocenters. The average molecular weight is 347 g/mol. The molecule has 0 aliphatic rings. The van der Waals surface area contributed by atoms with E-state index in [1.54, 1.807) is 0 Å². The maximum absolute atomic E-state index is 4.73. The van der Waals surface area contributed by atoms with Crippen molar-refractivity contribution < 1.29 is 0 Å². The molecule has 1 N–H and O–H groups in total. The van der Waals surface area contributed by atoms with Crippen molar-refractivity contribution >= 4 is 5.82 Å². The molecule has 0 fully saturated rings. The molecule has 0 aliphatic heterocycles. The maximum Gasteiger partial charge on any atom is 0.130 e. The first kappa shape index (κ1) is 19.5. The molecule has 0 saturated carbocycles. The largest absolute Gasteiger partial charge is 0.363 e. The van der Waals surface area contributed by atoms with Crippen LogP contribution in [0.2, 0.25) is 0 Å². The second-order valence-electron chi connectivity index (χ2n) is 7.71. The van der Waals surface area contributed by atoms with Crippen molar-refractivity contribution in [1.29, 1.82) is 0 Å². The summed E-state index contributed by atoms with van der Waals surface area (Å²) in [5.74, 6) is 2.12. The van der Waals surface area contributed by atoms with Crippen LogP contribution in [0.4, 0.5) is 5.82 Å². The summed E-state index contributed by atoms with van der Waals surface area (Å²) in [5.41, 5.74) is 4.81. The van der Waals surface area contributed by atoms with E-state index in [1.165, 1.54) is 22.8 Å². The first-order chi connectivity index (χ1) is 11.7. The molecular formula is C19H34N6. The van der Waals surface area contributed by atoms with Gasteiger partial charge in [-0.3, -0.25) is 9.36 Å². The minimum absolute atomic E-state index is 0.420. The van der Waals surface area contributed by atoms with Crippen molar-refractivity contribution in [3.8, 4) is 0 Å². The van der Waals surface area contributed by atoms with E-state index >= 15 is 0 Å². The lowest BCUT2D eigenvalue weighted by Gasteiger charge is -2.18. The quantitative estimate of drug-likeness (QED) is 0.798. The normalized spacial score (nSPS) is 12.8. The molecular weight excluding hydrogens is 312 g/mol. The van der Waals surface area contributed by atoms with Crippen molar-refractivity contribution in [1.82, 2.24) is 24.9 Å². The van der Waals surface area contributed by atoms with Gasteiger partial charge in [-0.1, -0.05) is 20.8 Å². The van der Waals surface area contributed by atoms with Gasteiger partial charge in [0.15, 0.2) is 0 Å². The first-order valence-electron chi connectivity index (χ1n) is 9.15. The zero-order valence-corrected chi connectivity index (χ0v) is 17.1. The summed E-state index contributed by atoms with van der Waals surface area (Å²) in [6.07, 6.45) is 0.